The summed E-state index contributed by atoms with van der Waals surface area (Å²) in [5.41, 5.74) is 8.93. The van der Waals surface area contributed by atoms with E-state index < -0.39 is 0 Å². The zero-order valence-corrected chi connectivity index (χ0v) is 13.1. The lowest BCUT2D eigenvalue weighted by molar-refractivity contribution is 0.457. The third-order valence-corrected chi connectivity index (χ3v) is 3.10. The van der Waals surface area contributed by atoms with Crippen molar-refractivity contribution in [2.75, 3.05) is 0 Å². The SMILES string of the molecule is CC(C)(C)c1cc(O)c(CN)c(C(C)(C)C)c1.Cl. The maximum absolute atomic E-state index is 10.1. The Balaban J connectivity index is 0.00000289. The molecule has 0 saturated heterocycles. The van der Waals surface area contributed by atoms with E-state index in [1.165, 1.54) is 0 Å². The molecule has 0 amide bonds. The Morgan fingerprint density at radius 2 is 1.50 bits per heavy atom. The molecule has 0 unspecified atom stereocenters. The van der Waals surface area contributed by atoms with Crippen LogP contribution in [-0.4, -0.2) is 5.11 Å². The van der Waals surface area contributed by atoms with Crippen LogP contribution in [-0.2, 0) is 17.4 Å². The van der Waals surface area contributed by atoms with Gasteiger partial charge in [-0.3, -0.25) is 0 Å². The van der Waals surface area contributed by atoms with Crippen molar-refractivity contribution < 1.29 is 5.11 Å². The van der Waals surface area contributed by atoms with Crippen LogP contribution in [0.4, 0.5) is 0 Å². The summed E-state index contributed by atoms with van der Waals surface area (Å²) in [6.07, 6.45) is 0. The van der Waals surface area contributed by atoms with Crippen LogP contribution < -0.4 is 5.73 Å². The Kier molecular flexibility index (Phi) is 5.27. The van der Waals surface area contributed by atoms with E-state index in [2.05, 4.69) is 47.6 Å². The third kappa shape index (κ3) is 3.63. The highest BCUT2D eigenvalue weighted by atomic mass is 35.5. The van der Waals surface area contributed by atoms with Crippen molar-refractivity contribution in [3.63, 3.8) is 0 Å². The molecule has 0 aliphatic carbocycles. The molecule has 1 aromatic carbocycles. The number of nitrogens with two attached hydrogens (primary N) is 1. The Bertz CT molecular complexity index is 414. The summed E-state index contributed by atoms with van der Waals surface area (Å²) >= 11 is 0. The van der Waals surface area contributed by atoms with E-state index in [0.29, 0.717) is 12.3 Å². The fourth-order valence-corrected chi connectivity index (χ4v) is 1.97. The molecule has 2 nitrogen and oxygen atoms in total. The normalized spacial score (nSPS) is 12.2. The summed E-state index contributed by atoms with van der Waals surface area (Å²) in [6.45, 7) is 13.3. The average molecular weight is 272 g/mol. The number of aromatic hydroxyl groups is 1. The smallest absolute Gasteiger partial charge is 0.120 e. The van der Waals surface area contributed by atoms with Crippen molar-refractivity contribution >= 4 is 12.4 Å². The molecule has 0 radical (unpaired) electrons. The number of benzene rings is 1. The minimum absolute atomic E-state index is 0. The van der Waals surface area contributed by atoms with Gasteiger partial charge in [-0.25, -0.2) is 0 Å². The summed E-state index contributed by atoms with van der Waals surface area (Å²) in [5, 5.41) is 10.1. The summed E-state index contributed by atoms with van der Waals surface area (Å²) < 4.78 is 0. The van der Waals surface area contributed by atoms with Gasteiger partial charge in [0.15, 0.2) is 0 Å². The molecule has 1 rings (SSSR count). The first-order valence-electron chi connectivity index (χ1n) is 6.14. The number of hydrogen-bond donors (Lipinski definition) is 2. The highest BCUT2D eigenvalue weighted by Crippen LogP contribution is 2.36. The fraction of sp³-hybridized carbons (Fsp3) is 0.600. The first-order valence-corrected chi connectivity index (χ1v) is 6.14. The Labute approximate surface area is 117 Å². The van der Waals surface area contributed by atoms with Gasteiger partial charge in [0, 0.05) is 12.1 Å². The molecule has 0 heterocycles. The highest BCUT2D eigenvalue weighted by molar-refractivity contribution is 5.85. The van der Waals surface area contributed by atoms with Crippen molar-refractivity contribution in [3.8, 4) is 5.75 Å². The Hall–Kier alpha value is -0.730. The lowest BCUT2D eigenvalue weighted by Crippen LogP contribution is -2.19. The molecule has 1 aromatic rings. The van der Waals surface area contributed by atoms with Gasteiger partial charge in [-0.1, -0.05) is 47.6 Å². The van der Waals surface area contributed by atoms with Crippen LogP contribution in [0, 0.1) is 0 Å². The maximum atomic E-state index is 10.1. The van der Waals surface area contributed by atoms with Gasteiger partial charge >= 0.3 is 0 Å². The van der Waals surface area contributed by atoms with Crippen molar-refractivity contribution in [1.82, 2.24) is 0 Å². The molecule has 0 atom stereocenters. The van der Waals surface area contributed by atoms with Gasteiger partial charge in [-0.05, 0) is 28.0 Å². The predicted octanol–water partition coefficient (Wildman–Crippen LogP) is 3.87. The Morgan fingerprint density at radius 3 is 1.83 bits per heavy atom. The van der Waals surface area contributed by atoms with E-state index >= 15 is 0 Å². The highest BCUT2D eigenvalue weighted by Gasteiger charge is 2.24. The third-order valence-electron chi connectivity index (χ3n) is 3.10. The molecule has 0 saturated carbocycles. The molecule has 0 spiro atoms. The van der Waals surface area contributed by atoms with Crippen LogP contribution in [0.15, 0.2) is 12.1 Å². The van der Waals surface area contributed by atoms with E-state index in [0.717, 1.165) is 16.7 Å². The molecule has 3 N–H and O–H groups in total. The quantitative estimate of drug-likeness (QED) is 0.815. The van der Waals surface area contributed by atoms with Crippen LogP contribution >= 0.6 is 12.4 Å². The van der Waals surface area contributed by atoms with E-state index in [-0.39, 0.29) is 23.2 Å². The van der Waals surface area contributed by atoms with E-state index in [1.807, 2.05) is 6.07 Å². The first-order chi connectivity index (χ1) is 7.57. The standard InChI is InChI=1S/C15H25NO.ClH/c1-14(2,3)10-7-12(15(4,5)6)11(9-16)13(17)8-10;/h7-8,17H,9,16H2,1-6H3;1H. The largest absolute Gasteiger partial charge is 0.508 e. The molecule has 18 heavy (non-hydrogen) atoms. The minimum atomic E-state index is -0.00650. The van der Waals surface area contributed by atoms with Crippen molar-refractivity contribution in [2.45, 2.75) is 58.9 Å². The van der Waals surface area contributed by atoms with Gasteiger partial charge in [0.05, 0.1) is 0 Å². The summed E-state index contributed by atoms with van der Waals surface area (Å²) in [6, 6.07) is 4.03. The van der Waals surface area contributed by atoms with Crippen molar-refractivity contribution in [1.29, 1.82) is 0 Å². The van der Waals surface area contributed by atoms with Crippen LogP contribution in [0.5, 0.6) is 5.75 Å². The van der Waals surface area contributed by atoms with Crippen LogP contribution in [0.25, 0.3) is 0 Å². The fourth-order valence-electron chi connectivity index (χ4n) is 1.97. The van der Waals surface area contributed by atoms with E-state index in [1.54, 1.807) is 0 Å². The monoisotopic (exact) mass is 271 g/mol. The lowest BCUT2D eigenvalue weighted by Gasteiger charge is -2.28. The molecule has 0 bridgehead atoms. The van der Waals surface area contributed by atoms with Gasteiger partial charge in [0.2, 0.25) is 0 Å². The molecule has 104 valence electrons. The molecule has 3 heteroatoms. The topological polar surface area (TPSA) is 46.2 Å². The zero-order valence-electron chi connectivity index (χ0n) is 12.3. The number of halogens is 1. The lowest BCUT2D eigenvalue weighted by atomic mass is 9.78. The Morgan fingerprint density at radius 1 is 1.00 bits per heavy atom. The van der Waals surface area contributed by atoms with Gasteiger partial charge in [0.1, 0.15) is 5.75 Å². The summed E-state index contributed by atoms with van der Waals surface area (Å²) in [4.78, 5) is 0. The zero-order chi connectivity index (χ0) is 13.4. The molecule has 0 aliphatic heterocycles. The number of rotatable bonds is 1. The maximum Gasteiger partial charge on any atom is 0.120 e. The van der Waals surface area contributed by atoms with Gasteiger partial charge in [-0.2, -0.15) is 0 Å². The first kappa shape index (κ1) is 17.3. The number of phenols is 1. The molecular formula is C15H26ClNO. The van der Waals surface area contributed by atoms with Gasteiger partial charge in [-0.15, -0.1) is 12.4 Å². The summed E-state index contributed by atoms with van der Waals surface area (Å²) in [7, 11) is 0. The molecular weight excluding hydrogens is 246 g/mol. The second-order valence-electron chi connectivity index (χ2n) is 6.73. The van der Waals surface area contributed by atoms with Crippen LogP contribution in [0.1, 0.15) is 58.2 Å². The van der Waals surface area contributed by atoms with Gasteiger partial charge in [0.25, 0.3) is 0 Å². The van der Waals surface area contributed by atoms with Crippen molar-refractivity contribution in [3.05, 3.63) is 28.8 Å². The van der Waals surface area contributed by atoms with Gasteiger partial charge < -0.3 is 10.8 Å². The van der Waals surface area contributed by atoms with Crippen LogP contribution in [0.2, 0.25) is 0 Å². The summed E-state index contributed by atoms with van der Waals surface area (Å²) in [5.74, 6) is 0.324. The number of hydrogen-bond acceptors (Lipinski definition) is 2. The molecule has 0 aromatic heterocycles. The second kappa shape index (κ2) is 5.50. The average Bonchev–Trinajstić information content (AvgIpc) is 2.13. The molecule has 0 fully saturated rings. The minimum Gasteiger partial charge on any atom is -0.508 e. The van der Waals surface area contributed by atoms with E-state index in [9.17, 15) is 5.11 Å². The van der Waals surface area contributed by atoms with Crippen LogP contribution in [0.3, 0.4) is 0 Å². The number of phenolic OH excluding ortho intramolecular Hbond substituents is 1. The van der Waals surface area contributed by atoms with E-state index in [4.69, 9.17) is 5.73 Å². The predicted molar refractivity (Wildman–Crippen MR) is 80.6 cm³/mol. The van der Waals surface area contributed by atoms with Crippen molar-refractivity contribution in [2.24, 2.45) is 5.73 Å². The second-order valence-corrected chi connectivity index (χ2v) is 6.73. The molecule has 0 aliphatic rings.